The van der Waals surface area contributed by atoms with E-state index in [0.717, 1.165) is 22.0 Å². The van der Waals surface area contributed by atoms with Crippen molar-refractivity contribution in [2.24, 2.45) is 0 Å². The molecule has 1 unspecified atom stereocenters. The van der Waals surface area contributed by atoms with Gasteiger partial charge in [-0.3, -0.25) is 0 Å². The molecule has 2 aromatic rings. The average molecular weight is 279 g/mol. The minimum absolute atomic E-state index is 0.461. The molecule has 1 N–H and O–H groups in total. The predicted molar refractivity (Wildman–Crippen MR) is 77.3 cm³/mol. The number of rotatable bonds is 2. The topological polar surface area (TPSA) is 24.9 Å². The van der Waals surface area contributed by atoms with E-state index in [2.05, 4.69) is 5.32 Å². The summed E-state index contributed by atoms with van der Waals surface area (Å²) >= 11 is 8.02. The first-order chi connectivity index (χ1) is 8.79. The lowest BCUT2D eigenvalue weighted by Gasteiger charge is -2.19. The van der Waals surface area contributed by atoms with Crippen LogP contribution in [0.4, 0.5) is 0 Å². The molecule has 0 bridgehead atoms. The maximum atomic E-state index is 6.24. The monoisotopic (exact) mass is 278 g/mol. The zero-order valence-electron chi connectivity index (χ0n) is 10.2. The highest BCUT2D eigenvalue weighted by Gasteiger charge is 2.24. The van der Waals surface area contributed by atoms with Gasteiger partial charge in [-0.05, 0) is 32.4 Å². The molecule has 18 heavy (non-hydrogen) atoms. The van der Waals surface area contributed by atoms with Crippen molar-refractivity contribution in [3.63, 3.8) is 0 Å². The Morgan fingerprint density at radius 1 is 1.39 bits per heavy atom. The van der Waals surface area contributed by atoms with E-state index in [9.17, 15) is 0 Å². The van der Waals surface area contributed by atoms with Crippen LogP contribution in [-0.4, -0.2) is 12.0 Å². The highest BCUT2D eigenvalue weighted by molar-refractivity contribution is 7.15. The third-order valence-corrected chi connectivity index (χ3v) is 4.98. The van der Waals surface area contributed by atoms with Crippen LogP contribution in [0.5, 0.6) is 0 Å². The smallest absolute Gasteiger partial charge is 0.125 e. The SMILES string of the molecule is CNC1CCCc2nc(-c3ccccc3Cl)sc21. The number of thiazole rings is 1. The molecule has 2 nitrogen and oxygen atoms in total. The molecule has 1 atom stereocenters. The van der Waals surface area contributed by atoms with Gasteiger partial charge in [0.15, 0.2) is 0 Å². The van der Waals surface area contributed by atoms with Crippen LogP contribution in [0.25, 0.3) is 10.6 Å². The summed E-state index contributed by atoms with van der Waals surface area (Å²) < 4.78 is 0. The minimum atomic E-state index is 0.461. The second-order valence-electron chi connectivity index (χ2n) is 4.54. The number of nitrogens with one attached hydrogen (secondary N) is 1. The van der Waals surface area contributed by atoms with Crippen molar-refractivity contribution in [2.75, 3.05) is 7.05 Å². The zero-order chi connectivity index (χ0) is 12.5. The van der Waals surface area contributed by atoms with E-state index in [-0.39, 0.29) is 0 Å². The van der Waals surface area contributed by atoms with E-state index in [0.29, 0.717) is 6.04 Å². The molecule has 1 aliphatic carbocycles. The van der Waals surface area contributed by atoms with Crippen molar-refractivity contribution in [3.8, 4) is 10.6 Å². The number of nitrogens with zero attached hydrogens (tertiary/aromatic N) is 1. The molecule has 4 heteroatoms. The van der Waals surface area contributed by atoms with Crippen molar-refractivity contribution >= 4 is 22.9 Å². The minimum Gasteiger partial charge on any atom is -0.312 e. The molecule has 1 aliphatic rings. The van der Waals surface area contributed by atoms with E-state index in [4.69, 9.17) is 16.6 Å². The van der Waals surface area contributed by atoms with Crippen molar-refractivity contribution in [1.29, 1.82) is 0 Å². The number of hydrogen-bond acceptors (Lipinski definition) is 3. The van der Waals surface area contributed by atoms with Crippen LogP contribution in [0.3, 0.4) is 0 Å². The Morgan fingerprint density at radius 3 is 3.00 bits per heavy atom. The molecular weight excluding hydrogens is 264 g/mol. The van der Waals surface area contributed by atoms with Crippen LogP contribution in [0.1, 0.15) is 29.5 Å². The molecule has 94 valence electrons. The Bertz CT molecular complexity index is 565. The number of halogens is 1. The lowest BCUT2D eigenvalue weighted by Crippen LogP contribution is -2.19. The van der Waals surface area contributed by atoms with Crippen LogP contribution in [-0.2, 0) is 6.42 Å². The van der Waals surface area contributed by atoms with Crippen LogP contribution in [0, 0.1) is 0 Å². The Morgan fingerprint density at radius 2 is 2.22 bits per heavy atom. The molecule has 0 radical (unpaired) electrons. The largest absolute Gasteiger partial charge is 0.312 e. The Kier molecular flexibility index (Phi) is 3.37. The lowest BCUT2D eigenvalue weighted by atomic mass is 9.98. The van der Waals surface area contributed by atoms with Gasteiger partial charge < -0.3 is 5.32 Å². The lowest BCUT2D eigenvalue weighted by molar-refractivity contribution is 0.501. The fourth-order valence-electron chi connectivity index (χ4n) is 2.44. The van der Waals surface area contributed by atoms with Gasteiger partial charge in [-0.25, -0.2) is 4.98 Å². The van der Waals surface area contributed by atoms with E-state index in [1.807, 2.05) is 31.3 Å². The number of aromatic nitrogens is 1. The molecule has 0 spiro atoms. The Labute approximate surface area is 116 Å². The summed E-state index contributed by atoms with van der Waals surface area (Å²) in [6, 6.07) is 8.39. The number of hydrogen-bond donors (Lipinski definition) is 1. The van der Waals surface area contributed by atoms with E-state index in [1.165, 1.54) is 23.4 Å². The van der Waals surface area contributed by atoms with Crippen LogP contribution in [0.2, 0.25) is 5.02 Å². The standard InChI is InChI=1S/C14H15ClN2S/c1-16-11-7-4-8-12-13(11)18-14(17-12)9-5-2-3-6-10(9)15/h2-3,5-6,11,16H,4,7-8H2,1H3. The first-order valence-electron chi connectivity index (χ1n) is 6.21. The zero-order valence-corrected chi connectivity index (χ0v) is 11.8. The molecule has 0 fully saturated rings. The molecule has 1 aromatic heterocycles. The normalized spacial score (nSPS) is 18.7. The van der Waals surface area contributed by atoms with Crippen molar-refractivity contribution in [2.45, 2.75) is 25.3 Å². The van der Waals surface area contributed by atoms with Crippen molar-refractivity contribution in [3.05, 3.63) is 39.9 Å². The van der Waals surface area contributed by atoms with Gasteiger partial charge in [-0.2, -0.15) is 0 Å². The molecule has 3 rings (SSSR count). The number of aryl methyl sites for hydroxylation is 1. The molecule has 0 aliphatic heterocycles. The third-order valence-electron chi connectivity index (χ3n) is 3.40. The van der Waals surface area contributed by atoms with Gasteiger partial charge in [0, 0.05) is 16.5 Å². The summed E-state index contributed by atoms with van der Waals surface area (Å²) in [5.74, 6) is 0. The van der Waals surface area contributed by atoms with Crippen LogP contribution < -0.4 is 5.32 Å². The van der Waals surface area contributed by atoms with Gasteiger partial charge in [0.2, 0.25) is 0 Å². The Balaban J connectivity index is 2.05. The average Bonchev–Trinajstić information content (AvgIpc) is 2.82. The molecule has 0 saturated heterocycles. The van der Waals surface area contributed by atoms with Gasteiger partial charge in [-0.15, -0.1) is 11.3 Å². The number of fused-ring (bicyclic) bond motifs is 1. The van der Waals surface area contributed by atoms with E-state index in [1.54, 1.807) is 11.3 Å². The van der Waals surface area contributed by atoms with Crippen LogP contribution in [0.15, 0.2) is 24.3 Å². The summed E-state index contributed by atoms with van der Waals surface area (Å²) in [7, 11) is 2.02. The molecular formula is C14H15ClN2S. The third kappa shape index (κ3) is 2.07. The highest BCUT2D eigenvalue weighted by atomic mass is 35.5. The van der Waals surface area contributed by atoms with Crippen LogP contribution >= 0.6 is 22.9 Å². The first kappa shape index (κ1) is 12.2. The molecule has 0 saturated carbocycles. The second-order valence-corrected chi connectivity index (χ2v) is 5.98. The Hall–Kier alpha value is -0.900. The summed E-state index contributed by atoms with van der Waals surface area (Å²) in [6.45, 7) is 0. The molecule has 0 amide bonds. The van der Waals surface area contributed by atoms with Gasteiger partial charge in [-0.1, -0.05) is 29.8 Å². The fourth-order valence-corrected chi connectivity index (χ4v) is 4.02. The van der Waals surface area contributed by atoms with Gasteiger partial charge >= 0.3 is 0 Å². The quantitative estimate of drug-likeness (QED) is 0.896. The summed E-state index contributed by atoms with van der Waals surface area (Å²) in [5.41, 5.74) is 2.30. The molecule has 1 aromatic carbocycles. The maximum Gasteiger partial charge on any atom is 0.125 e. The fraction of sp³-hybridized carbons (Fsp3) is 0.357. The van der Waals surface area contributed by atoms with Gasteiger partial charge in [0.25, 0.3) is 0 Å². The maximum absolute atomic E-state index is 6.24. The summed E-state index contributed by atoms with van der Waals surface area (Å²) in [4.78, 5) is 6.16. The van der Waals surface area contributed by atoms with Crippen molar-refractivity contribution < 1.29 is 0 Å². The van der Waals surface area contributed by atoms with Crippen molar-refractivity contribution in [1.82, 2.24) is 10.3 Å². The number of benzene rings is 1. The van der Waals surface area contributed by atoms with E-state index >= 15 is 0 Å². The second kappa shape index (κ2) is 5.00. The van der Waals surface area contributed by atoms with Gasteiger partial charge in [0.05, 0.1) is 10.7 Å². The predicted octanol–water partition coefficient (Wildman–Crippen LogP) is 4.06. The summed E-state index contributed by atoms with van der Waals surface area (Å²) in [6.07, 6.45) is 3.51. The first-order valence-corrected chi connectivity index (χ1v) is 7.41. The summed E-state index contributed by atoms with van der Waals surface area (Å²) in [5, 5.41) is 5.21. The van der Waals surface area contributed by atoms with Gasteiger partial charge in [0.1, 0.15) is 5.01 Å². The van der Waals surface area contributed by atoms with E-state index < -0.39 is 0 Å². The molecule has 1 heterocycles. The highest BCUT2D eigenvalue weighted by Crippen LogP contribution is 2.39.